The molecule has 0 bridgehead atoms. The fourth-order valence-corrected chi connectivity index (χ4v) is 2.05. The van der Waals surface area contributed by atoms with Crippen LogP contribution in [-0.4, -0.2) is 20.3 Å². The standard InChI is InChI=1S/C15H22O3/c1-8-11(16-6)13-10(3)15(4,5)14(18-13)12(9-2)17-7/h8-9,14H,1,3H2,2,4-7H3. The van der Waals surface area contributed by atoms with E-state index in [1.54, 1.807) is 20.3 Å². The van der Waals surface area contributed by atoms with Crippen molar-refractivity contribution >= 4 is 0 Å². The molecule has 0 aromatic carbocycles. The van der Waals surface area contributed by atoms with Crippen LogP contribution in [0, 0.1) is 5.41 Å². The maximum atomic E-state index is 5.97. The van der Waals surface area contributed by atoms with Gasteiger partial charge in [-0.15, -0.1) is 0 Å². The Kier molecular flexibility index (Phi) is 4.28. The molecule has 1 rings (SSSR count). The molecule has 0 aromatic rings. The van der Waals surface area contributed by atoms with Crippen molar-refractivity contribution in [3.8, 4) is 0 Å². The van der Waals surface area contributed by atoms with Crippen molar-refractivity contribution in [1.82, 2.24) is 0 Å². The molecule has 100 valence electrons. The summed E-state index contributed by atoms with van der Waals surface area (Å²) in [5.41, 5.74) is 0.639. The molecule has 0 aromatic heterocycles. The molecule has 1 unspecified atom stereocenters. The Morgan fingerprint density at radius 1 is 1.33 bits per heavy atom. The summed E-state index contributed by atoms with van der Waals surface area (Å²) in [4.78, 5) is 0. The Morgan fingerprint density at radius 3 is 2.33 bits per heavy atom. The van der Waals surface area contributed by atoms with E-state index < -0.39 is 0 Å². The summed E-state index contributed by atoms with van der Waals surface area (Å²) in [5.74, 6) is 2.04. The Morgan fingerprint density at radius 2 is 1.94 bits per heavy atom. The number of hydrogen-bond donors (Lipinski definition) is 0. The van der Waals surface area contributed by atoms with Gasteiger partial charge >= 0.3 is 0 Å². The van der Waals surface area contributed by atoms with Gasteiger partial charge in [-0.3, -0.25) is 0 Å². The van der Waals surface area contributed by atoms with E-state index in [-0.39, 0.29) is 11.5 Å². The van der Waals surface area contributed by atoms with Gasteiger partial charge in [0.25, 0.3) is 0 Å². The fraction of sp³-hybridized carbons (Fsp3) is 0.467. The van der Waals surface area contributed by atoms with Gasteiger partial charge in [0.2, 0.25) is 0 Å². The number of methoxy groups -OCH3 is 2. The minimum atomic E-state index is -0.250. The van der Waals surface area contributed by atoms with Gasteiger partial charge in [0.15, 0.2) is 17.6 Å². The Labute approximate surface area is 109 Å². The summed E-state index contributed by atoms with van der Waals surface area (Å²) in [7, 11) is 3.23. The number of ether oxygens (including phenoxy) is 3. The molecule has 0 N–H and O–H groups in total. The van der Waals surface area contributed by atoms with Gasteiger partial charge in [-0.1, -0.05) is 27.0 Å². The van der Waals surface area contributed by atoms with Crippen molar-refractivity contribution in [3.05, 3.63) is 48.2 Å². The topological polar surface area (TPSA) is 27.7 Å². The van der Waals surface area contributed by atoms with Crippen LogP contribution in [0.5, 0.6) is 0 Å². The lowest BCUT2D eigenvalue weighted by molar-refractivity contribution is 0.0663. The minimum Gasteiger partial charge on any atom is -0.497 e. The van der Waals surface area contributed by atoms with Crippen LogP contribution in [0.4, 0.5) is 0 Å². The van der Waals surface area contributed by atoms with Crippen molar-refractivity contribution in [2.24, 2.45) is 5.41 Å². The van der Waals surface area contributed by atoms with E-state index >= 15 is 0 Å². The second-order valence-corrected chi connectivity index (χ2v) is 4.69. The summed E-state index contributed by atoms with van der Waals surface area (Å²) >= 11 is 0. The largest absolute Gasteiger partial charge is 0.497 e. The molecular weight excluding hydrogens is 228 g/mol. The molecule has 1 heterocycles. The van der Waals surface area contributed by atoms with E-state index in [0.717, 1.165) is 11.3 Å². The predicted octanol–water partition coefficient (Wildman–Crippen LogP) is 3.56. The van der Waals surface area contributed by atoms with Gasteiger partial charge in [-0.05, 0) is 19.1 Å². The average molecular weight is 250 g/mol. The highest BCUT2D eigenvalue weighted by Gasteiger charge is 2.46. The molecule has 3 heteroatoms. The zero-order valence-corrected chi connectivity index (χ0v) is 11.9. The maximum Gasteiger partial charge on any atom is 0.165 e. The van der Waals surface area contributed by atoms with Gasteiger partial charge in [-0.2, -0.15) is 0 Å². The molecule has 0 saturated carbocycles. The highest BCUT2D eigenvalue weighted by Crippen LogP contribution is 2.48. The summed E-state index contributed by atoms with van der Waals surface area (Å²) in [6.07, 6.45) is 3.34. The van der Waals surface area contributed by atoms with Gasteiger partial charge in [0.05, 0.1) is 14.2 Å². The summed E-state index contributed by atoms with van der Waals surface area (Å²) < 4.78 is 16.6. The minimum absolute atomic E-state index is 0.194. The van der Waals surface area contributed by atoms with E-state index in [1.165, 1.54) is 0 Å². The SMILES string of the molecule is C=CC(OC)=C1OC(C(=CC)OC)C(C)(C)C1=C. The van der Waals surface area contributed by atoms with Crippen molar-refractivity contribution in [3.63, 3.8) is 0 Å². The Bertz CT molecular complexity index is 413. The molecule has 0 amide bonds. The zero-order valence-electron chi connectivity index (χ0n) is 11.9. The first-order chi connectivity index (χ1) is 8.43. The van der Waals surface area contributed by atoms with E-state index in [0.29, 0.717) is 11.5 Å². The molecule has 1 aliphatic rings. The summed E-state index contributed by atoms with van der Waals surface area (Å²) in [6.45, 7) is 13.9. The van der Waals surface area contributed by atoms with Gasteiger partial charge in [-0.25, -0.2) is 0 Å². The monoisotopic (exact) mass is 250 g/mol. The van der Waals surface area contributed by atoms with Crippen LogP contribution in [0.1, 0.15) is 20.8 Å². The Hall–Kier alpha value is -1.64. The van der Waals surface area contributed by atoms with Gasteiger partial charge in [0, 0.05) is 11.0 Å². The third-order valence-corrected chi connectivity index (χ3v) is 3.35. The normalized spacial score (nSPS) is 25.5. The molecule has 1 fully saturated rings. The van der Waals surface area contributed by atoms with Crippen LogP contribution in [0.2, 0.25) is 0 Å². The van der Waals surface area contributed by atoms with E-state index in [2.05, 4.69) is 27.0 Å². The van der Waals surface area contributed by atoms with Crippen LogP contribution in [0.25, 0.3) is 0 Å². The lowest BCUT2D eigenvalue weighted by Gasteiger charge is -2.26. The van der Waals surface area contributed by atoms with Crippen molar-refractivity contribution < 1.29 is 14.2 Å². The molecular formula is C15H22O3. The van der Waals surface area contributed by atoms with Crippen LogP contribution < -0.4 is 0 Å². The molecule has 1 saturated heterocycles. The van der Waals surface area contributed by atoms with Crippen molar-refractivity contribution in [1.29, 1.82) is 0 Å². The molecule has 0 spiro atoms. The van der Waals surface area contributed by atoms with E-state index in [9.17, 15) is 0 Å². The smallest absolute Gasteiger partial charge is 0.165 e. The molecule has 1 aliphatic heterocycles. The van der Waals surface area contributed by atoms with E-state index in [4.69, 9.17) is 14.2 Å². The van der Waals surface area contributed by atoms with Crippen LogP contribution >= 0.6 is 0 Å². The zero-order chi connectivity index (χ0) is 13.9. The number of hydrogen-bond acceptors (Lipinski definition) is 3. The Balaban J connectivity index is 3.26. The first-order valence-electron chi connectivity index (χ1n) is 5.91. The predicted molar refractivity (Wildman–Crippen MR) is 72.8 cm³/mol. The second-order valence-electron chi connectivity index (χ2n) is 4.69. The number of rotatable bonds is 4. The lowest BCUT2D eigenvalue weighted by Crippen LogP contribution is -2.28. The fourth-order valence-electron chi connectivity index (χ4n) is 2.05. The third kappa shape index (κ3) is 2.17. The van der Waals surface area contributed by atoms with Gasteiger partial charge < -0.3 is 14.2 Å². The lowest BCUT2D eigenvalue weighted by atomic mass is 9.80. The first-order valence-corrected chi connectivity index (χ1v) is 5.91. The molecule has 3 nitrogen and oxygen atoms in total. The van der Waals surface area contributed by atoms with Crippen LogP contribution in [0.15, 0.2) is 48.2 Å². The highest BCUT2D eigenvalue weighted by atomic mass is 16.6. The third-order valence-electron chi connectivity index (χ3n) is 3.35. The highest BCUT2D eigenvalue weighted by molar-refractivity contribution is 5.41. The first kappa shape index (κ1) is 14.4. The quantitative estimate of drug-likeness (QED) is 0.714. The average Bonchev–Trinajstić information content (AvgIpc) is 2.57. The molecule has 18 heavy (non-hydrogen) atoms. The maximum absolute atomic E-state index is 5.97. The van der Waals surface area contributed by atoms with Gasteiger partial charge in [0.1, 0.15) is 5.76 Å². The molecule has 1 atom stereocenters. The molecule has 0 radical (unpaired) electrons. The van der Waals surface area contributed by atoms with Crippen molar-refractivity contribution in [2.45, 2.75) is 26.9 Å². The van der Waals surface area contributed by atoms with Crippen molar-refractivity contribution in [2.75, 3.05) is 14.2 Å². The molecule has 0 aliphatic carbocycles. The van der Waals surface area contributed by atoms with E-state index in [1.807, 2.05) is 13.0 Å². The van der Waals surface area contributed by atoms with Crippen LogP contribution in [-0.2, 0) is 14.2 Å². The number of allylic oxidation sites excluding steroid dienone is 3. The summed E-state index contributed by atoms with van der Waals surface area (Å²) in [5, 5.41) is 0. The second kappa shape index (κ2) is 5.34. The van der Waals surface area contributed by atoms with Crippen LogP contribution in [0.3, 0.4) is 0 Å². The summed E-state index contributed by atoms with van der Waals surface area (Å²) in [6, 6.07) is 0.